The monoisotopic (exact) mass is 286 g/mol. The van der Waals surface area contributed by atoms with Crippen molar-refractivity contribution in [3.63, 3.8) is 0 Å². The lowest BCUT2D eigenvalue weighted by molar-refractivity contribution is -0.169. The molecule has 1 heterocycles. The molecule has 0 saturated carbocycles. The van der Waals surface area contributed by atoms with Gasteiger partial charge in [-0.2, -0.15) is 0 Å². The minimum atomic E-state index is -1.26. The highest BCUT2D eigenvalue weighted by molar-refractivity contribution is 5.99. The first-order valence-corrected chi connectivity index (χ1v) is 6.82. The molecule has 0 aromatic rings. The van der Waals surface area contributed by atoms with Crippen LogP contribution in [-0.2, 0) is 28.6 Å². The smallest absolute Gasteiger partial charge is 0.321 e. The molecule has 0 unspecified atom stereocenters. The predicted octanol–water partition coefficient (Wildman–Crippen LogP) is 1.32. The van der Waals surface area contributed by atoms with Crippen LogP contribution in [0.25, 0.3) is 0 Å². The topological polar surface area (TPSA) is 78.9 Å². The highest BCUT2D eigenvalue weighted by Gasteiger charge is 2.55. The Labute approximate surface area is 118 Å². The second-order valence-corrected chi connectivity index (χ2v) is 5.32. The van der Waals surface area contributed by atoms with Crippen molar-refractivity contribution >= 4 is 17.9 Å². The fourth-order valence-corrected chi connectivity index (χ4v) is 2.34. The van der Waals surface area contributed by atoms with Gasteiger partial charge in [-0.25, -0.2) is 0 Å². The summed E-state index contributed by atoms with van der Waals surface area (Å²) in [5.74, 6) is -4.47. The van der Waals surface area contributed by atoms with Gasteiger partial charge in [0.25, 0.3) is 0 Å². The molecule has 0 amide bonds. The standard InChI is InChI=1S/C14H22O6/c1-6-18-11(15)10(12(16)19-7-2)9-8(3)14(4,5)20-13(9)17/h8-10H,6-7H2,1-5H3/t8-,9+/m0/s1. The van der Waals surface area contributed by atoms with E-state index in [2.05, 4.69) is 0 Å². The van der Waals surface area contributed by atoms with Gasteiger partial charge in [-0.05, 0) is 27.7 Å². The predicted molar refractivity (Wildman–Crippen MR) is 69.6 cm³/mol. The lowest BCUT2D eigenvalue weighted by Crippen LogP contribution is -2.40. The summed E-state index contributed by atoms with van der Waals surface area (Å²) in [7, 11) is 0. The minimum Gasteiger partial charge on any atom is -0.465 e. The van der Waals surface area contributed by atoms with E-state index in [-0.39, 0.29) is 19.1 Å². The molecule has 6 nitrogen and oxygen atoms in total. The zero-order valence-corrected chi connectivity index (χ0v) is 12.6. The summed E-state index contributed by atoms with van der Waals surface area (Å²) in [5, 5.41) is 0. The van der Waals surface area contributed by atoms with Crippen LogP contribution in [0.3, 0.4) is 0 Å². The first-order valence-electron chi connectivity index (χ1n) is 6.82. The lowest BCUT2D eigenvalue weighted by atomic mass is 9.77. The maximum absolute atomic E-state index is 12.0. The number of hydrogen-bond donors (Lipinski definition) is 0. The molecule has 1 aliphatic heterocycles. The van der Waals surface area contributed by atoms with Gasteiger partial charge in [0.2, 0.25) is 0 Å². The van der Waals surface area contributed by atoms with Gasteiger partial charge in [0.05, 0.1) is 19.1 Å². The van der Waals surface area contributed by atoms with Crippen molar-refractivity contribution in [2.24, 2.45) is 17.8 Å². The molecule has 1 saturated heterocycles. The average Bonchev–Trinajstić information content (AvgIpc) is 2.52. The quantitative estimate of drug-likeness (QED) is 0.431. The largest absolute Gasteiger partial charge is 0.465 e. The van der Waals surface area contributed by atoms with E-state index in [4.69, 9.17) is 14.2 Å². The van der Waals surface area contributed by atoms with Crippen LogP contribution in [0.4, 0.5) is 0 Å². The molecule has 114 valence electrons. The Bertz CT molecular complexity index is 382. The third kappa shape index (κ3) is 3.11. The highest BCUT2D eigenvalue weighted by Crippen LogP contribution is 2.41. The average molecular weight is 286 g/mol. The molecule has 1 rings (SSSR count). The van der Waals surface area contributed by atoms with Crippen LogP contribution in [0.5, 0.6) is 0 Å². The molecule has 0 spiro atoms. The molecule has 0 aromatic carbocycles. The molecule has 1 fully saturated rings. The fraction of sp³-hybridized carbons (Fsp3) is 0.786. The van der Waals surface area contributed by atoms with Crippen molar-refractivity contribution in [2.75, 3.05) is 13.2 Å². The summed E-state index contributed by atoms with van der Waals surface area (Å²) in [6, 6.07) is 0. The first kappa shape index (κ1) is 16.5. The molecule has 6 heteroatoms. The van der Waals surface area contributed by atoms with E-state index in [1.54, 1.807) is 34.6 Å². The van der Waals surface area contributed by atoms with E-state index in [9.17, 15) is 14.4 Å². The highest BCUT2D eigenvalue weighted by atomic mass is 16.6. The number of hydrogen-bond acceptors (Lipinski definition) is 6. The van der Waals surface area contributed by atoms with E-state index in [0.29, 0.717) is 0 Å². The summed E-state index contributed by atoms with van der Waals surface area (Å²) in [5.41, 5.74) is -0.723. The van der Waals surface area contributed by atoms with Crippen LogP contribution in [0.2, 0.25) is 0 Å². The van der Waals surface area contributed by atoms with Crippen molar-refractivity contribution in [1.29, 1.82) is 0 Å². The van der Waals surface area contributed by atoms with Crippen LogP contribution < -0.4 is 0 Å². The maximum Gasteiger partial charge on any atom is 0.321 e. The Morgan fingerprint density at radius 3 is 1.95 bits per heavy atom. The summed E-state index contributed by atoms with van der Waals surface area (Å²) < 4.78 is 15.1. The van der Waals surface area contributed by atoms with Gasteiger partial charge in [-0.1, -0.05) is 6.92 Å². The first-order chi connectivity index (χ1) is 9.26. The second kappa shape index (κ2) is 6.24. The van der Waals surface area contributed by atoms with Gasteiger partial charge in [-0.3, -0.25) is 14.4 Å². The van der Waals surface area contributed by atoms with Crippen LogP contribution in [0, 0.1) is 17.8 Å². The van der Waals surface area contributed by atoms with Gasteiger partial charge >= 0.3 is 17.9 Å². The third-order valence-corrected chi connectivity index (χ3v) is 3.71. The van der Waals surface area contributed by atoms with Gasteiger partial charge in [-0.15, -0.1) is 0 Å². The van der Waals surface area contributed by atoms with E-state index in [0.717, 1.165) is 0 Å². The fourth-order valence-electron chi connectivity index (χ4n) is 2.34. The van der Waals surface area contributed by atoms with Crippen molar-refractivity contribution < 1.29 is 28.6 Å². The summed E-state index contributed by atoms with van der Waals surface area (Å²) in [4.78, 5) is 36.1. The van der Waals surface area contributed by atoms with Crippen molar-refractivity contribution in [3.8, 4) is 0 Å². The van der Waals surface area contributed by atoms with Crippen molar-refractivity contribution in [1.82, 2.24) is 0 Å². The van der Waals surface area contributed by atoms with Gasteiger partial charge in [0.1, 0.15) is 5.60 Å². The van der Waals surface area contributed by atoms with Crippen LogP contribution >= 0.6 is 0 Å². The Morgan fingerprint density at radius 1 is 1.20 bits per heavy atom. The molecule has 0 N–H and O–H groups in total. The zero-order valence-electron chi connectivity index (χ0n) is 12.6. The molecule has 0 radical (unpaired) electrons. The number of esters is 3. The number of cyclic esters (lactones) is 1. The minimum absolute atomic E-state index is 0.133. The van der Waals surface area contributed by atoms with Crippen LogP contribution in [-0.4, -0.2) is 36.7 Å². The van der Waals surface area contributed by atoms with E-state index in [1.165, 1.54) is 0 Å². The summed E-state index contributed by atoms with van der Waals surface area (Å²) in [6.07, 6.45) is 0. The van der Waals surface area contributed by atoms with E-state index in [1.807, 2.05) is 0 Å². The van der Waals surface area contributed by atoms with Gasteiger partial charge < -0.3 is 14.2 Å². The molecule has 0 bridgehead atoms. The molecule has 20 heavy (non-hydrogen) atoms. The summed E-state index contributed by atoms with van der Waals surface area (Å²) in [6.45, 7) is 8.83. The van der Waals surface area contributed by atoms with Crippen LogP contribution in [0.1, 0.15) is 34.6 Å². The van der Waals surface area contributed by atoms with E-state index >= 15 is 0 Å². The normalized spacial score (nSPS) is 24.4. The maximum atomic E-state index is 12.0. The lowest BCUT2D eigenvalue weighted by Gasteiger charge is -2.25. The molecule has 2 atom stereocenters. The molecule has 0 aromatic heterocycles. The van der Waals surface area contributed by atoms with Crippen molar-refractivity contribution in [2.45, 2.75) is 40.2 Å². The Morgan fingerprint density at radius 2 is 1.65 bits per heavy atom. The number of carbonyl (C=O) groups is 3. The Hall–Kier alpha value is -1.59. The number of rotatable bonds is 5. The number of carbonyl (C=O) groups excluding carboxylic acids is 3. The van der Waals surface area contributed by atoms with Crippen LogP contribution in [0.15, 0.2) is 0 Å². The second-order valence-electron chi connectivity index (χ2n) is 5.32. The van der Waals surface area contributed by atoms with Gasteiger partial charge in [0.15, 0.2) is 5.92 Å². The SMILES string of the molecule is CCOC(=O)C(C(=O)OCC)[C@@H]1C(=O)OC(C)(C)[C@H]1C. The third-order valence-electron chi connectivity index (χ3n) is 3.71. The molecule has 1 aliphatic rings. The number of ether oxygens (including phenoxy) is 3. The Kier molecular flexibility index (Phi) is 5.14. The van der Waals surface area contributed by atoms with E-state index < -0.39 is 35.3 Å². The van der Waals surface area contributed by atoms with Gasteiger partial charge in [0, 0.05) is 5.92 Å². The molecular formula is C14H22O6. The Balaban J connectivity index is 3.07. The summed E-state index contributed by atoms with van der Waals surface area (Å²) >= 11 is 0. The molecular weight excluding hydrogens is 264 g/mol. The zero-order chi connectivity index (χ0) is 15.5. The molecule has 0 aliphatic carbocycles. The van der Waals surface area contributed by atoms with Crippen molar-refractivity contribution in [3.05, 3.63) is 0 Å².